The third-order valence-electron chi connectivity index (χ3n) is 5.98. The molecule has 0 radical (unpaired) electrons. The topological polar surface area (TPSA) is 3.24 Å². The monoisotopic (exact) mass is 389 g/mol. The summed E-state index contributed by atoms with van der Waals surface area (Å²) >= 11 is 0. The quantitative estimate of drug-likeness (QED) is 0.492. The molecule has 0 heterocycles. The molecule has 1 aliphatic rings. The zero-order valence-electron chi connectivity index (χ0n) is 16.6. The minimum atomic E-state index is -4.04. The third kappa shape index (κ3) is 5.84. The van der Waals surface area contributed by atoms with Gasteiger partial charge in [-0.05, 0) is 67.8 Å². The fourth-order valence-corrected chi connectivity index (χ4v) is 4.24. The number of nitrogens with zero attached hydrogens (tertiary/aromatic N) is 1. The number of alkyl halides is 3. The van der Waals surface area contributed by atoms with Crippen LogP contribution in [-0.4, -0.2) is 24.2 Å². The first kappa shape index (κ1) is 20.9. The van der Waals surface area contributed by atoms with Crippen molar-refractivity contribution >= 4 is 0 Å². The molecule has 4 heteroatoms. The first-order chi connectivity index (χ1) is 13.5. The van der Waals surface area contributed by atoms with Crippen molar-refractivity contribution < 1.29 is 13.2 Å². The lowest BCUT2D eigenvalue weighted by molar-refractivity contribution is -0.172. The average Bonchev–Trinajstić information content (AvgIpc) is 3.19. The van der Waals surface area contributed by atoms with Gasteiger partial charge in [0.1, 0.15) is 0 Å². The van der Waals surface area contributed by atoms with Crippen molar-refractivity contribution in [3.05, 3.63) is 71.3 Å². The Balaban J connectivity index is 1.45. The Bertz CT molecular complexity index is 709. The maximum atomic E-state index is 12.9. The Kier molecular flexibility index (Phi) is 7.17. The molecule has 1 fully saturated rings. The second-order valence-electron chi connectivity index (χ2n) is 7.95. The van der Waals surface area contributed by atoms with Gasteiger partial charge in [0.25, 0.3) is 0 Å². The van der Waals surface area contributed by atoms with Gasteiger partial charge in [-0.15, -0.1) is 0 Å². The van der Waals surface area contributed by atoms with E-state index in [2.05, 4.69) is 48.2 Å². The first-order valence-corrected chi connectivity index (χ1v) is 10.4. The van der Waals surface area contributed by atoms with Gasteiger partial charge >= 0.3 is 6.18 Å². The van der Waals surface area contributed by atoms with Crippen LogP contribution in [0.3, 0.4) is 0 Å². The van der Waals surface area contributed by atoms with Gasteiger partial charge in [-0.25, -0.2) is 0 Å². The first-order valence-electron chi connectivity index (χ1n) is 10.4. The zero-order valence-corrected chi connectivity index (χ0v) is 16.6. The van der Waals surface area contributed by atoms with Crippen LogP contribution in [-0.2, 0) is 13.0 Å². The maximum Gasteiger partial charge on any atom is 0.391 e. The molecule has 0 aromatic heterocycles. The normalized spacial score (nSPS) is 20.0. The molecule has 0 saturated heterocycles. The Morgan fingerprint density at radius 1 is 0.929 bits per heavy atom. The second-order valence-corrected chi connectivity index (χ2v) is 7.95. The van der Waals surface area contributed by atoms with E-state index in [4.69, 9.17) is 0 Å². The van der Waals surface area contributed by atoms with Crippen LogP contribution in [0, 0.1) is 5.92 Å². The van der Waals surface area contributed by atoms with Gasteiger partial charge in [0, 0.05) is 6.54 Å². The van der Waals surface area contributed by atoms with E-state index in [0.29, 0.717) is 6.42 Å². The van der Waals surface area contributed by atoms with E-state index in [0.717, 1.165) is 38.0 Å². The van der Waals surface area contributed by atoms with Crippen LogP contribution in [0.15, 0.2) is 54.6 Å². The molecule has 0 amide bonds. The molecule has 0 N–H and O–H groups in total. The van der Waals surface area contributed by atoms with Crippen LogP contribution in [0.25, 0.3) is 0 Å². The Morgan fingerprint density at radius 2 is 1.64 bits per heavy atom. The summed E-state index contributed by atoms with van der Waals surface area (Å²) < 4.78 is 38.6. The lowest BCUT2D eigenvalue weighted by atomic mass is 9.94. The smallest absolute Gasteiger partial charge is 0.299 e. The molecule has 1 aliphatic carbocycles. The Hall–Kier alpha value is -1.81. The predicted molar refractivity (Wildman–Crippen MR) is 108 cm³/mol. The molecule has 28 heavy (non-hydrogen) atoms. The number of hydrogen-bond acceptors (Lipinski definition) is 1. The number of hydrogen-bond donors (Lipinski definition) is 0. The van der Waals surface area contributed by atoms with E-state index in [1.807, 2.05) is 18.2 Å². The van der Waals surface area contributed by atoms with Crippen molar-refractivity contribution in [2.45, 2.75) is 57.7 Å². The molecule has 152 valence electrons. The van der Waals surface area contributed by atoms with Crippen LogP contribution in [0.4, 0.5) is 13.2 Å². The highest BCUT2D eigenvalue weighted by molar-refractivity contribution is 5.26. The van der Waals surface area contributed by atoms with Crippen LogP contribution in [0.2, 0.25) is 0 Å². The van der Waals surface area contributed by atoms with Gasteiger partial charge < -0.3 is 0 Å². The number of aryl methyl sites for hydroxylation is 1. The van der Waals surface area contributed by atoms with E-state index in [1.165, 1.54) is 11.1 Å². The Labute approximate surface area is 166 Å². The van der Waals surface area contributed by atoms with E-state index in [-0.39, 0.29) is 18.8 Å². The van der Waals surface area contributed by atoms with Crippen molar-refractivity contribution in [3.63, 3.8) is 0 Å². The highest BCUT2D eigenvalue weighted by Crippen LogP contribution is 2.45. The van der Waals surface area contributed by atoms with Crippen molar-refractivity contribution in [2.24, 2.45) is 5.92 Å². The number of benzene rings is 2. The van der Waals surface area contributed by atoms with Crippen molar-refractivity contribution in [3.8, 4) is 0 Å². The van der Waals surface area contributed by atoms with Gasteiger partial charge in [0.2, 0.25) is 0 Å². The van der Waals surface area contributed by atoms with Gasteiger partial charge in [0.15, 0.2) is 0 Å². The van der Waals surface area contributed by atoms with E-state index in [1.54, 1.807) is 0 Å². The van der Waals surface area contributed by atoms with E-state index < -0.39 is 12.1 Å². The van der Waals surface area contributed by atoms with Gasteiger partial charge in [0.05, 0.1) is 5.92 Å². The molecule has 2 aromatic rings. The maximum absolute atomic E-state index is 12.9. The van der Waals surface area contributed by atoms with Crippen LogP contribution in [0.1, 0.15) is 55.2 Å². The molecule has 0 aliphatic heterocycles. The van der Waals surface area contributed by atoms with Crippen molar-refractivity contribution in [2.75, 3.05) is 13.1 Å². The minimum absolute atomic E-state index is 0.0575. The molecule has 2 unspecified atom stereocenters. The molecular weight excluding hydrogens is 359 g/mol. The molecule has 2 aromatic carbocycles. The largest absolute Gasteiger partial charge is 0.391 e. The standard InChI is InChI=1S/C24H30F3N/c1-2-28(18-20-7-4-3-5-8-20)16-6-9-19-10-12-21(13-11-19)22-14-15-23(17-22)24(25,26)27/h3-5,7-8,10-13,22-23H,2,6,9,14-18H2,1H3. The van der Waals surface area contributed by atoms with Crippen LogP contribution >= 0.6 is 0 Å². The summed E-state index contributed by atoms with van der Waals surface area (Å²) in [6, 6.07) is 18.8. The average molecular weight is 390 g/mol. The Morgan fingerprint density at radius 3 is 2.25 bits per heavy atom. The summed E-state index contributed by atoms with van der Waals surface area (Å²) in [5, 5.41) is 0. The molecular formula is C24H30F3N. The summed E-state index contributed by atoms with van der Waals surface area (Å²) in [7, 11) is 0. The molecule has 3 rings (SSSR count). The van der Waals surface area contributed by atoms with Crippen molar-refractivity contribution in [1.82, 2.24) is 4.90 Å². The summed E-state index contributed by atoms with van der Waals surface area (Å²) in [5.74, 6) is -1.07. The zero-order chi connectivity index (χ0) is 20.0. The van der Waals surface area contributed by atoms with Gasteiger partial charge in [-0.3, -0.25) is 4.90 Å². The summed E-state index contributed by atoms with van der Waals surface area (Å²) in [6.45, 7) is 5.23. The molecule has 1 nitrogen and oxygen atoms in total. The molecule has 0 bridgehead atoms. The lowest BCUT2D eigenvalue weighted by Crippen LogP contribution is -2.24. The number of halogens is 3. The molecule has 2 atom stereocenters. The summed E-state index contributed by atoms with van der Waals surface area (Å²) in [4.78, 5) is 2.44. The number of rotatable bonds is 8. The fourth-order valence-electron chi connectivity index (χ4n) is 4.24. The van der Waals surface area contributed by atoms with E-state index in [9.17, 15) is 13.2 Å². The van der Waals surface area contributed by atoms with Gasteiger partial charge in [-0.2, -0.15) is 13.2 Å². The molecule has 0 spiro atoms. The second kappa shape index (κ2) is 9.60. The minimum Gasteiger partial charge on any atom is -0.299 e. The molecule has 1 saturated carbocycles. The highest BCUT2D eigenvalue weighted by atomic mass is 19.4. The van der Waals surface area contributed by atoms with Crippen molar-refractivity contribution in [1.29, 1.82) is 0 Å². The van der Waals surface area contributed by atoms with Crippen LogP contribution in [0.5, 0.6) is 0 Å². The van der Waals surface area contributed by atoms with E-state index >= 15 is 0 Å². The SMILES string of the molecule is CCN(CCCc1ccc(C2CCC(C(F)(F)F)C2)cc1)Cc1ccccc1. The summed E-state index contributed by atoms with van der Waals surface area (Å²) in [6.07, 6.45) is -0.799. The lowest BCUT2D eigenvalue weighted by Gasteiger charge is -2.20. The van der Waals surface area contributed by atoms with Crippen LogP contribution < -0.4 is 0 Å². The third-order valence-corrected chi connectivity index (χ3v) is 5.98. The van der Waals surface area contributed by atoms with Gasteiger partial charge in [-0.1, -0.05) is 61.5 Å². The predicted octanol–water partition coefficient (Wildman–Crippen LogP) is 6.59. The highest BCUT2D eigenvalue weighted by Gasteiger charge is 2.44. The fraction of sp³-hybridized carbons (Fsp3) is 0.500. The summed E-state index contributed by atoms with van der Waals surface area (Å²) in [5.41, 5.74) is 3.67.